The summed E-state index contributed by atoms with van der Waals surface area (Å²) >= 11 is 0. The number of aromatic amines is 1. The fourth-order valence-electron chi connectivity index (χ4n) is 3.83. The number of amides is 1. The summed E-state index contributed by atoms with van der Waals surface area (Å²) in [6.07, 6.45) is 2.94. The Morgan fingerprint density at radius 3 is 2.79 bits per heavy atom. The van der Waals surface area contributed by atoms with Gasteiger partial charge in [-0.1, -0.05) is 6.07 Å². The third-order valence-corrected chi connectivity index (χ3v) is 5.32. The summed E-state index contributed by atoms with van der Waals surface area (Å²) in [5, 5.41) is 5.59. The van der Waals surface area contributed by atoms with E-state index in [1.807, 2.05) is 0 Å². The van der Waals surface area contributed by atoms with Crippen LogP contribution in [0.3, 0.4) is 0 Å². The standard InChI is InChI=1S/C22H20F4N4O3/c1-32-8-6-11-9-28-21(31)16-17(11)30-18(12-5-7-27-10-14(12)24)19(16)29-15-4-2-3-13(23)20(15)33-22(25)26/h2-5,7,10-11,22,29-30H,6,8-9H2,1H3,(H,28,31). The highest BCUT2D eigenvalue weighted by Gasteiger charge is 2.33. The number of nitrogens with zero attached hydrogens (tertiary/aromatic N) is 1. The second-order valence-electron chi connectivity index (χ2n) is 7.33. The van der Waals surface area contributed by atoms with Gasteiger partial charge in [-0.3, -0.25) is 9.78 Å². The molecule has 0 spiro atoms. The van der Waals surface area contributed by atoms with Crippen LogP contribution < -0.4 is 15.4 Å². The molecule has 0 bridgehead atoms. The van der Waals surface area contributed by atoms with Crippen LogP contribution in [-0.4, -0.2) is 42.7 Å². The third-order valence-electron chi connectivity index (χ3n) is 5.32. The maximum atomic E-state index is 14.7. The normalized spacial score (nSPS) is 15.3. The van der Waals surface area contributed by atoms with Crippen LogP contribution in [0.4, 0.5) is 28.9 Å². The summed E-state index contributed by atoms with van der Waals surface area (Å²) in [5.74, 6) is -3.05. The van der Waals surface area contributed by atoms with E-state index in [1.54, 1.807) is 7.11 Å². The number of halogens is 4. The van der Waals surface area contributed by atoms with Crippen LogP contribution >= 0.6 is 0 Å². The Bertz CT molecular complexity index is 1170. The Morgan fingerprint density at radius 2 is 2.06 bits per heavy atom. The molecule has 7 nitrogen and oxygen atoms in total. The summed E-state index contributed by atoms with van der Waals surface area (Å²) in [6.45, 7) is -2.54. The van der Waals surface area contributed by atoms with Crippen molar-refractivity contribution in [2.75, 3.05) is 25.6 Å². The lowest BCUT2D eigenvalue weighted by Crippen LogP contribution is -2.35. The zero-order valence-corrected chi connectivity index (χ0v) is 17.4. The lowest BCUT2D eigenvalue weighted by atomic mass is 9.93. The molecule has 0 saturated heterocycles. The summed E-state index contributed by atoms with van der Waals surface area (Å²) in [7, 11) is 1.55. The van der Waals surface area contributed by atoms with E-state index in [9.17, 15) is 22.4 Å². The molecule has 33 heavy (non-hydrogen) atoms. The second kappa shape index (κ2) is 9.49. The minimum atomic E-state index is -3.28. The number of carbonyl (C=O) groups excluding carboxylic acids is 1. The van der Waals surface area contributed by atoms with E-state index in [0.717, 1.165) is 12.3 Å². The SMILES string of the molecule is COCCC1CNC(=O)c2c1[nH]c(-c1ccncc1F)c2Nc1cccc(F)c1OC(F)F. The van der Waals surface area contributed by atoms with Gasteiger partial charge in [0.15, 0.2) is 17.4 Å². The Morgan fingerprint density at radius 1 is 1.24 bits per heavy atom. The number of hydrogen-bond donors (Lipinski definition) is 3. The van der Waals surface area contributed by atoms with E-state index in [-0.39, 0.29) is 34.1 Å². The quantitative estimate of drug-likeness (QED) is 0.426. The largest absolute Gasteiger partial charge is 0.429 e. The number of benzene rings is 1. The predicted molar refractivity (Wildman–Crippen MR) is 112 cm³/mol. The van der Waals surface area contributed by atoms with Gasteiger partial charge in [0.2, 0.25) is 0 Å². The monoisotopic (exact) mass is 464 g/mol. The molecule has 1 aliphatic rings. The average Bonchev–Trinajstić information content (AvgIpc) is 3.16. The number of ether oxygens (including phenoxy) is 2. The number of alkyl halides is 2. The minimum Gasteiger partial charge on any atom is -0.429 e. The molecule has 3 aromatic rings. The molecule has 1 amide bonds. The van der Waals surface area contributed by atoms with Crippen molar-refractivity contribution in [2.45, 2.75) is 19.0 Å². The topological polar surface area (TPSA) is 88.3 Å². The fourth-order valence-corrected chi connectivity index (χ4v) is 3.83. The van der Waals surface area contributed by atoms with Gasteiger partial charge in [0.05, 0.1) is 28.8 Å². The number of methoxy groups -OCH3 is 1. The van der Waals surface area contributed by atoms with Crippen LogP contribution in [0.15, 0.2) is 36.7 Å². The van der Waals surface area contributed by atoms with Gasteiger partial charge in [0.25, 0.3) is 5.91 Å². The molecule has 2 aromatic heterocycles. The van der Waals surface area contributed by atoms with Crippen LogP contribution in [0.1, 0.15) is 28.4 Å². The fraction of sp³-hybridized carbons (Fsp3) is 0.273. The smallest absolute Gasteiger partial charge is 0.387 e. The number of H-pyrrole nitrogens is 1. The number of aromatic nitrogens is 2. The zero-order valence-electron chi connectivity index (χ0n) is 17.4. The van der Waals surface area contributed by atoms with Crippen molar-refractivity contribution in [3.8, 4) is 17.0 Å². The Labute approximate surface area is 186 Å². The molecule has 0 radical (unpaired) electrons. The highest BCUT2D eigenvalue weighted by molar-refractivity contribution is 6.06. The van der Waals surface area contributed by atoms with Crippen molar-refractivity contribution >= 4 is 17.3 Å². The maximum Gasteiger partial charge on any atom is 0.387 e. The van der Waals surface area contributed by atoms with Crippen LogP contribution in [0, 0.1) is 11.6 Å². The Balaban J connectivity index is 1.89. The highest BCUT2D eigenvalue weighted by atomic mass is 19.3. The molecule has 1 aliphatic heterocycles. The summed E-state index contributed by atoms with van der Waals surface area (Å²) < 4.78 is 64.3. The second-order valence-corrected chi connectivity index (χ2v) is 7.33. The number of nitrogens with one attached hydrogen (secondary N) is 3. The number of hydrogen-bond acceptors (Lipinski definition) is 5. The van der Waals surface area contributed by atoms with E-state index in [0.29, 0.717) is 25.3 Å². The van der Waals surface area contributed by atoms with Crippen LogP contribution in [0.5, 0.6) is 5.75 Å². The summed E-state index contributed by atoms with van der Waals surface area (Å²) in [5.41, 5.74) is 0.914. The molecule has 4 rings (SSSR count). The van der Waals surface area contributed by atoms with Crippen LogP contribution in [-0.2, 0) is 4.74 Å². The van der Waals surface area contributed by atoms with Crippen molar-refractivity contribution in [1.82, 2.24) is 15.3 Å². The van der Waals surface area contributed by atoms with Gasteiger partial charge in [-0.25, -0.2) is 8.78 Å². The first-order valence-electron chi connectivity index (χ1n) is 10.0. The number of rotatable bonds is 8. The molecule has 11 heteroatoms. The van der Waals surface area contributed by atoms with Gasteiger partial charge >= 0.3 is 6.61 Å². The molecule has 3 heterocycles. The van der Waals surface area contributed by atoms with E-state index >= 15 is 0 Å². The number of carbonyl (C=O) groups is 1. The summed E-state index contributed by atoms with van der Waals surface area (Å²) in [6, 6.07) is 4.98. The van der Waals surface area contributed by atoms with Gasteiger partial charge in [-0.2, -0.15) is 8.78 Å². The van der Waals surface area contributed by atoms with E-state index in [1.165, 1.54) is 24.4 Å². The molecule has 0 saturated carbocycles. The Hall–Kier alpha value is -3.60. The maximum absolute atomic E-state index is 14.7. The van der Waals surface area contributed by atoms with E-state index in [4.69, 9.17) is 4.74 Å². The number of para-hydroxylation sites is 1. The molecule has 1 aromatic carbocycles. The molecule has 1 unspecified atom stereocenters. The first-order chi connectivity index (χ1) is 15.9. The number of anilines is 2. The Kier molecular flexibility index (Phi) is 6.50. The molecule has 3 N–H and O–H groups in total. The lowest BCUT2D eigenvalue weighted by molar-refractivity contribution is -0.0516. The minimum absolute atomic E-state index is 0.0907. The van der Waals surface area contributed by atoms with Crippen molar-refractivity contribution in [2.24, 2.45) is 0 Å². The van der Waals surface area contributed by atoms with Crippen molar-refractivity contribution in [3.63, 3.8) is 0 Å². The number of fused-ring (bicyclic) bond motifs is 1. The molecular formula is C22H20F4N4O3. The van der Waals surface area contributed by atoms with Gasteiger partial charge in [0.1, 0.15) is 0 Å². The van der Waals surface area contributed by atoms with Gasteiger partial charge < -0.3 is 25.1 Å². The molecular weight excluding hydrogens is 444 g/mol. The van der Waals surface area contributed by atoms with Crippen molar-refractivity contribution in [1.29, 1.82) is 0 Å². The zero-order chi connectivity index (χ0) is 23.5. The van der Waals surface area contributed by atoms with Gasteiger partial charge in [-0.05, 0) is 24.6 Å². The molecule has 174 valence electrons. The molecule has 1 atom stereocenters. The van der Waals surface area contributed by atoms with E-state index < -0.39 is 29.9 Å². The van der Waals surface area contributed by atoms with Crippen molar-refractivity contribution in [3.05, 3.63) is 59.6 Å². The average molecular weight is 464 g/mol. The predicted octanol–water partition coefficient (Wildman–Crippen LogP) is 4.56. The first kappa shape index (κ1) is 22.6. The molecule has 0 fully saturated rings. The summed E-state index contributed by atoms with van der Waals surface area (Å²) in [4.78, 5) is 19.7. The number of pyridine rings is 1. The van der Waals surface area contributed by atoms with Gasteiger partial charge in [-0.15, -0.1) is 0 Å². The van der Waals surface area contributed by atoms with Crippen LogP contribution in [0.2, 0.25) is 0 Å². The van der Waals surface area contributed by atoms with Crippen LogP contribution in [0.25, 0.3) is 11.3 Å². The molecule has 0 aliphatic carbocycles. The van der Waals surface area contributed by atoms with Crippen molar-refractivity contribution < 1.29 is 31.8 Å². The first-order valence-corrected chi connectivity index (χ1v) is 10.0. The third kappa shape index (κ3) is 4.49. The lowest BCUT2D eigenvalue weighted by Gasteiger charge is -2.23. The van der Waals surface area contributed by atoms with E-state index in [2.05, 4.69) is 25.3 Å². The highest BCUT2D eigenvalue weighted by Crippen LogP contribution is 2.42. The van der Waals surface area contributed by atoms with Gasteiger partial charge in [0, 0.05) is 43.6 Å².